The van der Waals surface area contributed by atoms with Crippen LogP contribution in [0.25, 0.3) is 10.2 Å². The van der Waals surface area contributed by atoms with Crippen LogP contribution in [-0.2, 0) is 0 Å². The summed E-state index contributed by atoms with van der Waals surface area (Å²) >= 11 is 7.40. The number of nitrogens with zero attached hydrogens (tertiary/aromatic N) is 3. The van der Waals surface area contributed by atoms with E-state index < -0.39 is 0 Å². The lowest BCUT2D eigenvalue weighted by Gasteiger charge is -2.33. The fourth-order valence-corrected chi connectivity index (χ4v) is 4.52. The van der Waals surface area contributed by atoms with Gasteiger partial charge in [0.05, 0.1) is 15.2 Å². The van der Waals surface area contributed by atoms with Crippen LogP contribution in [0.15, 0.2) is 24.3 Å². The highest BCUT2D eigenvalue weighted by molar-refractivity contribution is 7.80. The van der Waals surface area contributed by atoms with Crippen molar-refractivity contribution in [3.05, 3.63) is 29.3 Å². The number of thiocarbonyl (C=S) groups is 1. The molecule has 1 aromatic carbocycles. The number of rotatable bonds is 5. The first-order valence-corrected chi connectivity index (χ1v) is 9.89. The zero-order chi connectivity index (χ0) is 16.9. The maximum absolute atomic E-state index is 5.55. The molecule has 24 heavy (non-hydrogen) atoms. The van der Waals surface area contributed by atoms with Gasteiger partial charge >= 0.3 is 0 Å². The summed E-state index contributed by atoms with van der Waals surface area (Å²) in [4.78, 5) is 9.35. The Morgan fingerprint density at radius 1 is 1.33 bits per heavy atom. The second kappa shape index (κ2) is 8.23. The van der Waals surface area contributed by atoms with E-state index in [0.717, 1.165) is 56.1 Å². The number of piperidine rings is 1. The number of aromatic nitrogens is 1. The molecule has 0 aliphatic carbocycles. The zero-order valence-corrected chi connectivity index (χ0v) is 16.1. The van der Waals surface area contributed by atoms with Crippen molar-refractivity contribution >= 4 is 38.9 Å². The Morgan fingerprint density at radius 2 is 2.08 bits per heavy atom. The van der Waals surface area contributed by atoms with Crippen LogP contribution in [0.4, 0.5) is 0 Å². The molecule has 0 amide bonds. The van der Waals surface area contributed by atoms with E-state index in [0.29, 0.717) is 5.92 Å². The SMILES string of the molecule is CN(C)CCCNC(=S)N1CCC(c2nc3ccccc3s2)CC1. The number of thiazole rings is 1. The minimum Gasteiger partial charge on any atom is -0.363 e. The van der Waals surface area contributed by atoms with Gasteiger partial charge in [0.1, 0.15) is 0 Å². The summed E-state index contributed by atoms with van der Waals surface area (Å²) in [5.74, 6) is 0.579. The van der Waals surface area contributed by atoms with E-state index in [-0.39, 0.29) is 0 Å². The van der Waals surface area contributed by atoms with Crippen molar-refractivity contribution in [2.24, 2.45) is 0 Å². The van der Waals surface area contributed by atoms with E-state index in [2.05, 4.69) is 53.5 Å². The molecule has 130 valence electrons. The lowest BCUT2D eigenvalue weighted by molar-refractivity contribution is 0.308. The molecular weight excluding hydrogens is 336 g/mol. The predicted octanol–water partition coefficient (Wildman–Crippen LogP) is 3.30. The normalized spacial score (nSPS) is 16.0. The highest BCUT2D eigenvalue weighted by atomic mass is 32.1. The van der Waals surface area contributed by atoms with Gasteiger partial charge in [0.25, 0.3) is 0 Å². The van der Waals surface area contributed by atoms with Gasteiger partial charge in [0.2, 0.25) is 0 Å². The van der Waals surface area contributed by atoms with Gasteiger partial charge in [-0.3, -0.25) is 0 Å². The van der Waals surface area contributed by atoms with Gasteiger partial charge < -0.3 is 15.1 Å². The van der Waals surface area contributed by atoms with Crippen LogP contribution in [0.3, 0.4) is 0 Å². The van der Waals surface area contributed by atoms with Crippen LogP contribution in [-0.4, -0.2) is 60.2 Å². The van der Waals surface area contributed by atoms with E-state index in [1.807, 2.05) is 11.3 Å². The van der Waals surface area contributed by atoms with Crippen LogP contribution in [0.5, 0.6) is 0 Å². The van der Waals surface area contributed by atoms with Crippen molar-refractivity contribution in [3.8, 4) is 0 Å². The molecule has 0 saturated carbocycles. The molecule has 0 atom stereocenters. The van der Waals surface area contributed by atoms with Crippen LogP contribution in [0, 0.1) is 0 Å². The third-order valence-electron chi connectivity index (χ3n) is 4.50. The van der Waals surface area contributed by atoms with Crippen molar-refractivity contribution < 1.29 is 0 Å². The molecule has 0 bridgehead atoms. The van der Waals surface area contributed by atoms with Gasteiger partial charge in [0, 0.05) is 25.6 Å². The number of para-hydroxylation sites is 1. The lowest BCUT2D eigenvalue weighted by Crippen LogP contribution is -2.44. The smallest absolute Gasteiger partial charge is 0.168 e. The number of nitrogens with one attached hydrogen (secondary N) is 1. The highest BCUT2D eigenvalue weighted by Crippen LogP contribution is 2.33. The first kappa shape index (κ1) is 17.6. The Morgan fingerprint density at radius 3 is 2.79 bits per heavy atom. The van der Waals surface area contributed by atoms with Gasteiger partial charge in [0.15, 0.2) is 5.11 Å². The van der Waals surface area contributed by atoms with Crippen molar-refractivity contribution in [3.63, 3.8) is 0 Å². The van der Waals surface area contributed by atoms with E-state index in [9.17, 15) is 0 Å². The molecule has 2 aromatic rings. The maximum atomic E-state index is 5.55. The summed E-state index contributed by atoms with van der Waals surface area (Å²) in [7, 11) is 4.20. The van der Waals surface area contributed by atoms with Crippen LogP contribution < -0.4 is 5.32 Å². The monoisotopic (exact) mass is 362 g/mol. The van der Waals surface area contributed by atoms with Crippen LogP contribution >= 0.6 is 23.6 Å². The molecule has 0 radical (unpaired) electrons. The topological polar surface area (TPSA) is 31.4 Å². The second-order valence-electron chi connectivity index (χ2n) is 6.67. The average molecular weight is 363 g/mol. The molecule has 1 fully saturated rings. The van der Waals surface area contributed by atoms with Gasteiger partial charge in [-0.05, 0) is 64.3 Å². The van der Waals surface area contributed by atoms with Gasteiger partial charge in [-0.1, -0.05) is 12.1 Å². The summed E-state index contributed by atoms with van der Waals surface area (Å²) in [5, 5.41) is 5.61. The first-order valence-electron chi connectivity index (χ1n) is 8.66. The van der Waals surface area contributed by atoms with Gasteiger partial charge in [-0.25, -0.2) is 4.98 Å². The minimum atomic E-state index is 0.579. The third-order valence-corrected chi connectivity index (χ3v) is 6.10. The predicted molar refractivity (Wildman–Crippen MR) is 107 cm³/mol. The summed E-state index contributed by atoms with van der Waals surface area (Å²) < 4.78 is 1.30. The van der Waals surface area contributed by atoms with Crippen LogP contribution in [0.2, 0.25) is 0 Å². The fourth-order valence-electron chi connectivity index (χ4n) is 3.10. The largest absolute Gasteiger partial charge is 0.363 e. The maximum Gasteiger partial charge on any atom is 0.168 e. The van der Waals surface area contributed by atoms with Crippen molar-refractivity contribution in [2.45, 2.75) is 25.2 Å². The molecule has 0 spiro atoms. The Labute approximate surface area is 153 Å². The molecule has 6 heteroatoms. The second-order valence-corrected chi connectivity index (χ2v) is 8.12. The molecule has 3 rings (SSSR count). The Kier molecular flexibility index (Phi) is 6.03. The Hall–Kier alpha value is -1.24. The van der Waals surface area contributed by atoms with Gasteiger partial charge in [-0.2, -0.15) is 0 Å². The number of likely N-dealkylation sites (tertiary alicyclic amines) is 1. The molecule has 0 unspecified atom stereocenters. The Bertz CT molecular complexity index is 641. The molecule has 1 aromatic heterocycles. The molecule has 1 N–H and O–H groups in total. The van der Waals surface area contributed by atoms with E-state index in [1.165, 1.54) is 9.71 Å². The minimum absolute atomic E-state index is 0.579. The summed E-state index contributed by atoms with van der Waals surface area (Å²) in [6.45, 7) is 4.10. The van der Waals surface area contributed by atoms with E-state index in [4.69, 9.17) is 17.2 Å². The summed E-state index contributed by atoms with van der Waals surface area (Å²) in [6, 6.07) is 8.43. The van der Waals surface area contributed by atoms with Gasteiger partial charge in [-0.15, -0.1) is 11.3 Å². The fraction of sp³-hybridized carbons (Fsp3) is 0.556. The third kappa shape index (κ3) is 4.43. The summed E-state index contributed by atoms with van der Waals surface area (Å²) in [5.41, 5.74) is 1.14. The van der Waals surface area contributed by atoms with Crippen molar-refractivity contribution in [2.75, 3.05) is 40.3 Å². The van der Waals surface area contributed by atoms with Crippen LogP contribution in [0.1, 0.15) is 30.2 Å². The Balaban J connectivity index is 1.47. The standard InChI is InChI=1S/C18H26N4S2/c1-21(2)11-5-10-19-18(23)22-12-8-14(9-13-22)17-20-15-6-3-4-7-16(15)24-17/h3-4,6-7,14H,5,8-13H2,1-2H3,(H,19,23). The molecule has 1 aliphatic heterocycles. The molecule has 4 nitrogen and oxygen atoms in total. The summed E-state index contributed by atoms with van der Waals surface area (Å²) in [6.07, 6.45) is 3.40. The van der Waals surface area contributed by atoms with E-state index in [1.54, 1.807) is 0 Å². The van der Waals surface area contributed by atoms with E-state index >= 15 is 0 Å². The highest BCUT2D eigenvalue weighted by Gasteiger charge is 2.24. The first-order chi connectivity index (χ1) is 11.6. The molecule has 1 aliphatic rings. The molecular formula is C18H26N4S2. The quantitative estimate of drug-likeness (QED) is 0.651. The van der Waals surface area contributed by atoms with Crippen molar-refractivity contribution in [1.82, 2.24) is 20.1 Å². The molecule has 2 heterocycles. The lowest BCUT2D eigenvalue weighted by atomic mass is 9.98. The molecule has 1 saturated heterocycles. The average Bonchev–Trinajstić information content (AvgIpc) is 3.02. The number of hydrogen-bond acceptors (Lipinski definition) is 4. The zero-order valence-electron chi connectivity index (χ0n) is 14.5. The van der Waals surface area contributed by atoms with Crippen molar-refractivity contribution in [1.29, 1.82) is 0 Å². The number of fused-ring (bicyclic) bond motifs is 1. The number of benzene rings is 1. The number of hydrogen-bond donors (Lipinski definition) is 1.